The Morgan fingerprint density at radius 1 is 1.42 bits per heavy atom. The van der Waals surface area contributed by atoms with Gasteiger partial charge in [0.15, 0.2) is 9.84 Å². The fraction of sp³-hybridized carbons (Fsp3) is 0.588. The van der Waals surface area contributed by atoms with Crippen LogP contribution < -0.4 is 5.32 Å². The van der Waals surface area contributed by atoms with Crippen molar-refractivity contribution in [2.45, 2.75) is 52.5 Å². The van der Waals surface area contributed by atoms with Gasteiger partial charge in [0.1, 0.15) is 10.7 Å². The van der Waals surface area contributed by atoms with E-state index in [2.05, 4.69) is 22.3 Å². The van der Waals surface area contributed by atoms with Gasteiger partial charge in [-0.05, 0) is 33.1 Å². The van der Waals surface area contributed by atoms with Crippen LogP contribution in [0.3, 0.4) is 0 Å². The summed E-state index contributed by atoms with van der Waals surface area (Å²) in [6, 6.07) is 1.55. The van der Waals surface area contributed by atoms with E-state index >= 15 is 0 Å². The fourth-order valence-electron chi connectivity index (χ4n) is 3.19. The van der Waals surface area contributed by atoms with Crippen molar-refractivity contribution in [2.75, 3.05) is 16.8 Å². The maximum atomic E-state index is 12.8. The number of amides is 1. The zero-order valence-corrected chi connectivity index (χ0v) is 16.9. The molecule has 0 spiro atoms. The minimum Gasteiger partial charge on any atom is -0.306 e. The number of nitrogens with zero attached hydrogens (tertiary/aromatic N) is 3. The summed E-state index contributed by atoms with van der Waals surface area (Å²) in [6.45, 7) is 5.84. The van der Waals surface area contributed by atoms with Crippen molar-refractivity contribution in [1.29, 1.82) is 0 Å². The summed E-state index contributed by atoms with van der Waals surface area (Å²) in [5.74, 6) is 0.572. The van der Waals surface area contributed by atoms with Crippen LogP contribution in [0, 0.1) is 13.8 Å². The van der Waals surface area contributed by atoms with Crippen LogP contribution in [0.2, 0.25) is 0 Å². The van der Waals surface area contributed by atoms with Crippen LogP contribution >= 0.6 is 11.3 Å². The lowest BCUT2D eigenvalue weighted by atomic mass is 10.2. The molecule has 0 unspecified atom stereocenters. The summed E-state index contributed by atoms with van der Waals surface area (Å²) in [6.07, 6.45) is 3.33. The van der Waals surface area contributed by atoms with Gasteiger partial charge in [-0.25, -0.2) is 18.1 Å². The molecule has 2 aromatic rings. The Morgan fingerprint density at radius 3 is 2.85 bits per heavy atom. The van der Waals surface area contributed by atoms with Crippen molar-refractivity contribution in [1.82, 2.24) is 14.8 Å². The second-order valence-electron chi connectivity index (χ2n) is 6.74. The van der Waals surface area contributed by atoms with Crippen LogP contribution in [0.25, 0.3) is 0 Å². The number of sulfone groups is 1. The smallest absolute Gasteiger partial charge is 0.268 e. The van der Waals surface area contributed by atoms with Gasteiger partial charge in [-0.2, -0.15) is 5.10 Å². The van der Waals surface area contributed by atoms with E-state index in [1.807, 2.05) is 13.8 Å². The minimum atomic E-state index is -3.03. The lowest BCUT2D eigenvalue weighted by Crippen LogP contribution is -2.19. The minimum absolute atomic E-state index is 0.0679. The van der Waals surface area contributed by atoms with E-state index in [-0.39, 0.29) is 23.5 Å². The number of hydrogen-bond donors (Lipinski definition) is 1. The number of hydrogen-bond acceptors (Lipinski definition) is 6. The zero-order chi connectivity index (χ0) is 18.9. The van der Waals surface area contributed by atoms with Crippen LogP contribution in [-0.4, -0.2) is 40.6 Å². The van der Waals surface area contributed by atoms with E-state index < -0.39 is 9.84 Å². The molecule has 2 aromatic heterocycles. The molecule has 1 fully saturated rings. The number of rotatable bonds is 6. The molecule has 0 bridgehead atoms. The highest BCUT2D eigenvalue weighted by Gasteiger charge is 2.31. The van der Waals surface area contributed by atoms with Crippen molar-refractivity contribution in [3.8, 4) is 0 Å². The molecule has 0 saturated carbocycles. The Balaban J connectivity index is 1.83. The molecule has 1 N–H and O–H groups in total. The Morgan fingerprint density at radius 2 is 2.19 bits per heavy atom. The van der Waals surface area contributed by atoms with E-state index in [1.54, 1.807) is 10.7 Å². The summed E-state index contributed by atoms with van der Waals surface area (Å²) >= 11 is 1.39. The molecule has 1 aliphatic rings. The predicted octanol–water partition coefficient (Wildman–Crippen LogP) is 2.91. The second-order valence-corrected chi connectivity index (χ2v) is 10.2. The van der Waals surface area contributed by atoms with Crippen molar-refractivity contribution in [3.63, 3.8) is 0 Å². The van der Waals surface area contributed by atoms with Crippen LogP contribution in [-0.2, 0) is 16.3 Å². The number of aryl methyl sites for hydroxylation is 3. The Hall–Kier alpha value is -1.74. The first-order valence-corrected chi connectivity index (χ1v) is 11.5. The predicted molar refractivity (Wildman–Crippen MR) is 103 cm³/mol. The summed E-state index contributed by atoms with van der Waals surface area (Å²) in [7, 11) is -3.03. The molecule has 1 aliphatic heterocycles. The molecule has 26 heavy (non-hydrogen) atoms. The van der Waals surface area contributed by atoms with E-state index in [9.17, 15) is 13.2 Å². The number of carbonyl (C=O) groups excluding carboxylic acids is 1. The van der Waals surface area contributed by atoms with Gasteiger partial charge in [0.25, 0.3) is 5.91 Å². The molecule has 9 heteroatoms. The normalized spacial score (nSPS) is 19.0. The quantitative estimate of drug-likeness (QED) is 0.810. The van der Waals surface area contributed by atoms with Gasteiger partial charge >= 0.3 is 0 Å². The molecule has 3 heterocycles. The van der Waals surface area contributed by atoms with Gasteiger partial charge in [-0.15, -0.1) is 11.3 Å². The molecule has 1 atom stereocenters. The molecule has 0 aliphatic carbocycles. The molecule has 142 valence electrons. The number of unbranched alkanes of at least 4 members (excludes halogenated alkanes) is 1. The summed E-state index contributed by atoms with van der Waals surface area (Å²) in [5.41, 5.74) is 1.58. The molecular weight excluding hydrogens is 372 g/mol. The number of nitrogens with one attached hydrogen (secondary N) is 1. The average Bonchev–Trinajstić information content (AvgIpc) is 3.22. The Kier molecular flexibility index (Phi) is 5.47. The third-order valence-electron chi connectivity index (χ3n) is 4.43. The molecule has 3 rings (SSSR count). The standard InChI is InChI=1S/C17H24N4O3S2/c1-4-5-6-14-16(25-12(3)18-14)17(22)19-15-9-11(2)20-21(15)13-7-8-26(23,24)10-13/h9,13H,4-8,10H2,1-3H3,(H,19,22)/t13-/m1/s1. The first kappa shape index (κ1) is 19.0. The Labute approximate surface area is 157 Å². The van der Waals surface area contributed by atoms with Crippen LogP contribution in [0.5, 0.6) is 0 Å². The highest BCUT2D eigenvalue weighted by atomic mass is 32.2. The molecule has 7 nitrogen and oxygen atoms in total. The molecular formula is C17H24N4O3S2. The van der Waals surface area contributed by atoms with Gasteiger partial charge in [0.05, 0.1) is 33.9 Å². The average molecular weight is 397 g/mol. The topological polar surface area (TPSA) is 93.9 Å². The molecule has 0 radical (unpaired) electrons. The number of carbonyl (C=O) groups is 1. The van der Waals surface area contributed by atoms with Crippen molar-refractivity contribution in [3.05, 3.63) is 27.3 Å². The first-order chi connectivity index (χ1) is 12.3. The molecule has 1 amide bonds. The van der Waals surface area contributed by atoms with Gasteiger partial charge < -0.3 is 5.32 Å². The summed E-state index contributed by atoms with van der Waals surface area (Å²) < 4.78 is 25.2. The van der Waals surface area contributed by atoms with Gasteiger partial charge in [-0.1, -0.05) is 13.3 Å². The van der Waals surface area contributed by atoms with E-state index in [4.69, 9.17) is 0 Å². The summed E-state index contributed by atoms with van der Waals surface area (Å²) in [5, 5.41) is 8.19. The lowest BCUT2D eigenvalue weighted by Gasteiger charge is -2.13. The van der Waals surface area contributed by atoms with Crippen LogP contribution in [0.4, 0.5) is 5.82 Å². The van der Waals surface area contributed by atoms with Crippen molar-refractivity contribution >= 4 is 32.9 Å². The zero-order valence-electron chi connectivity index (χ0n) is 15.3. The van der Waals surface area contributed by atoms with Crippen molar-refractivity contribution in [2.24, 2.45) is 0 Å². The van der Waals surface area contributed by atoms with Crippen molar-refractivity contribution < 1.29 is 13.2 Å². The Bertz CT molecular complexity index is 915. The first-order valence-electron chi connectivity index (χ1n) is 8.83. The van der Waals surface area contributed by atoms with E-state index in [1.165, 1.54) is 11.3 Å². The SMILES string of the molecule is CCCCc1nc(C)sc1C(=O)Nc1cc(C)nn1[C@@H]1CCS(=O)(=O)C1. The van der Waals surface area contributed by atoms with Crippen LogP contribution in [0.15, 0.2) is 6.07 Å². The third kappa shape index (κ3) is 4.15. The van der Waals surface area contributed by atoms with Gasteiger partial charge in [0, 0.05) is 6.07 Å². The van der Waals surface area contributed by atoms with E-state index in [0.717, 1.165) is 35.7 Å². The highest BCUT2D eigenvalue weighted by Crippen LogP contribution is 2.28. The van der Waals surface area contributed by atoms with Gasteiger partial charge in [0.2, 0.25) is 0 Å². The van der Waals surface area contributed by atoms with Crippen LogP contribution in [0.1, 0.15) is 58.3 Å². The maximum absolute atomic E-state index is 12.8. The fourth-order valence-corrected chi connectivity index (χ4v) is 5.74. The monoisotopic (exact) mass is 396 g/mol. The molecule has 1 saturated heterocycles. The third-order valence-corrected chi connectivity index (χ3v) is 7.19. The lowest BCUT2D eigenvalue weighted by molar-refractivity contribution is 0.102. The molecule has 0 aromatic carbocycles. The second kappa shape index (κ2) is 7.48. The summed E-state index contributed by atoms with van der Waals surface area (Å²) in [4.78, 5) is 17.9. The number of anilines is 1. The number of aromatic nitrogens is 3. The van der Waals surface area contributed by atoms with E-state index in [0.29, 0.717) is 17.1 Å². The highest BCUT2D eigenvalue weighted by molar-refractivity contribution is 7.91. The largest absolute Gasteiger partial charge is 0.306 e. The number of thiazole rings is 1. The van der Waals surface area contributed by atoms with Gasteiger partial charge in [-0.3, -0.25) is 4.79 Å². The maximum Gasteiger partial charge on any atom is 0.268 e.